The summed E-state index contributed by atoms with van der Waals surface area (Å²) in [6, 6.07) is 5.75. The second-order valence-electron chi connectivity index (χ2n) is 11.1. The quantitative estimate of drug-likeness (QED) is 0.0456. The van der Waals surface area contributed by atoms with E-state index in [1.54, 1.807) is 24.8 Å². The van der Waals surface area contributed by atoms with Crippen LogP contribution in [0.5, 0.6) is 0 Å². The zero-order valence-electron chi connectivity index (χ0n) is 27.2. The Labute approximate surface area is 293 Å². The number of aromatic nitrogens is 5. The van der Waals surface area contributed by atoms with Gasteiger partial charge in [-0.25, -0.2) is 23.4 Å². The van der Waals surface area contributed by atoms with E-state index >= 15 is 0 Å². The minimum Gasteiger partial charge on any atom is -0.741 e. The third kappa shape index (κ3) is 18.5. The van der Waals surface area contributed by atoms with Crippen LogP contribution >= 0.6 is 0 Å². The maximum Gasteiger partial charge on any atom is 1.00 e. The standard InChI is InChI=1S/C20H39N2.C11H9N5.CHF3O3S.Au/c1-3-4-5-6-7-8-9-10-11-12-13-14-15-16-17-22-19-18-21(2)20-22;1-2-8(10-12-4-5-13-10)16-9(3-1)11-14-6-7-15-11;2-1(3,4)8(5,6)7;/h18-20H,3-17H2,1-2H3;1-7H,(H,12,13)(H,14,15);(H,5,6,7);/q-1;;;+1/p-1. The molecule has 0 amide bonds. The van der Waals surface area contributed by atoms with Crippen LogP contribution in [-0.2, 0) is 32.5 Å². The van der Waals surface area contributed by atoms with Crippen LogP contribution in [0.4, 0.5) is 13.2 Å². The van der Waals surface area contributed by atoms with Crippen molar-refractivity contribution in [2.24, 2.45) is 0 Å². The van der Waals surface area contributed by atoms with Gasteiger partial charge in [-0.2, -0.15) is 19.8 Å². The van der Waals surface area contributed by atoms with Crippen molar-refractivity contribution in [2.45, 2.75) is 102 Å². The van der Waals surface area contributed by atoms with Gasteiger partial charge in [-0.1, -0.05) is 96.5 Å². The van der Waals surface area contributed by atoms with Crippen LogP contribution in [0.3, 0.4) is 0 Å². The number of aromatic amines is 2. The van der Waals surface area contributed by atoms with Crippen molar-refractivity contribution in [1.29, 1.82) is 0 Å². The first-order chi connectivity index (χ1) is 22.0. The minimum atomic E-state index is -6.09. The number of alkyl halides is 3. The van der Waals surface area contributed by atoms with Gasteiger partial charge in [0.1, 0.15) is 11.4 Å². The Morgan fingerprint density at radius 3 is 1.55 bits per heavy atom. The fourth-order valence-electron chi connectivity index (χ4n) is 4.63. The van der Waals surface area contributed by atoms with Gasteiger partial charge in [0.05, 0.1) is 0 Å². The van der Waals surface area contributed by atoms with Crippen molar-refractivity contribution in [1.82, 2.24) is 34.7 Å². The van der Waals surface area contributed by atoms with Gasteiger partial charge in [0.2, 0.25) is 0 Å². The molecule has 0 atom stereocenters. The molecule has 0 fully saturated rings. The van der Waals surface area contributed by atoms with E-state index in [9.17, 15) is 13.2 Å². The molecule has 4 heterocycles. The summed E-state index contributed by atoms with van der Waals surface area (Å²) in [6.45, 7) is 5.64. The van der Waals surface area contributed by atoms with E-state index in [4.69, 9.17) is 13.0 Å². The average Bonchev–Trinajstić information content (AvgIpc) is 3.81. The topological polar surface area (TPSA) is 134 Å². The molecular formula is C32H48AuF3N7O3S-. The summed E-state index contributed by atoms with van der Waals surface area (Å²) >= 11 is 0. The Bertz CT molecular complexity index is 1280. The Hall–Kier alpha value is -2.65. The summed E-state index contributed by atoms with van der Waals surface area (Å²) in [7, 11) is -4.01. The molecule has 1 aliphatic heterocycles. The number of halogens is 3. The van der Waals surface area contributed by atoms with Gasteiger partial charge < -0.3 is 24.3 Å². The molecular weight excluding hydrogens is 816 g/mol. The minimum absolute atomic E-state index is 0. The van der Waals surface area contributed by atoms with Gasteiger partial charge >= 0.3 is 27.9 Å². The Morgan fingerprint density at radius 1 is 0.787 bits per heavy atom. The van der Waals surface area contributed by atoms with E-state index in [0.29, 0.717) is 0 Å². The molecule has 47 heavy (non-hydrogen) atoms. The summed E-state index contributed by atoms with van der Waals surface area (Å²) < 4.78 is 58.9. The first kappa shape index (κ1) is 42.4. The molecule has 0 aromatic carbocycles. The first-order valence-corrected chi connectivity index (χ1v) is 17.4. The van der Waals surface area contributed by atoms with Gasteiger partial charge in [-0.05, 0) is 44.5 Å². The third-order valence-corrected chi connectivity index (χ3v) is 7.67. The molecule has 268 valence electrons. The molecule has 0 saturated heterocycles. The number of nitrogens with zero attached hydrogens (tertiary/aromatic N) is 5. The number of pyridine rings is 1. The fourth-order valence-corrected chi connectivity index (χ4v) is 4.63. The van der Waals surface area contributed by atoms with E-state index < -0.39 is 15.6 Å². The smallest absolute Gasteiger partial charge is 0.741 e. The normalized spacial score (nSPS) is 12.6. The number of H-pyrrole nitrogens is 2. The van der Waals surface area contributed by atoms with Crippen LogP contribution < -0.4 is 0 Å². The van der Waals surface area contributed by atoms with Gasteiger partial charge in [0.25, 0.3) is 0 Å². The summed E-state index contributed by atoms with van der Waals surface area (Å²) in [5.74, 6) is 1.52. The third-order valence-electron chi connectivity index (χ3n) is 7.11. The molecule has 10 nitrogen and oxygen atoms in total. The number of hydrogen-bond acceptors (Lipinski definition) is 8. The van der Waals surface area contributed by atoms with Crippen molar-refractivity contribution in [3.63, 3.8) is 0 Å². The SMILES string of the molecule is CCCCCCCCCCCCCCCCN1C=CN(C)[CH-]1.O=S(=O)([O-])C(F)(F)F.[Au+].c1cc(-c2ncc[nH]2)nc(-c2ncc[nH]2)c1. The zero-order valence-corrected chi connectivity index (χ0v) is 30.2. The fraction of sp³-hybridized carbons (Fsp3) is 0.562. The zero-order chi connectivity index (χ0) is 33.7. The molecule has 0 aliphatic carbocycles. The van der Waals surface area contributed by atoms with Crippen molar-refractivity contribution < 1.29 is 48.5 Å². The monoisotopic (exact) mass is 864 g/mol. The van der Waals surface area contributed by atoms with Crippen LogP contribution in [0.15, 0.2) is 55.4 Å². The average molecular weight is 865 g/mol. The number of nitrogens with one attached hydrogen (secondary N) is 2. The Kier molecular flexibility index (Phi) is 21.3. The molecule has 15 heteroatoms. The van der Waals surface area contributed by atoms with Gasteiger partial charge in [-0.3, -0.25) is 0 Å². The van der Waals surface area contributed by atoms with Gasteiger partial charge in [-0.15, -0.1) is 0 Å². The van der Waals surface area contributed by atoms with E-state index in [-0.39, 0.29) is 22.4 Å². The summed E-state index contributed by atoms with van der Waals surface area (Å²) in [5.41, 5.74) is -4.04. The summed E-state index contributed by atoms with van der Waals surface area (Å²) in [4.78, 5) is 23.2. The summed E-state index contributed by atoms with van der Waals surface area (Å²) in [6.07, 6.45) is 31.3. The number of hydrogen-bond donors (Lipinski definition) is 2. The maximum absolute atomic E-state index is 10.7. The Morgan fingerprint density at radius 2 is 1.21 bits per heavy atom. The van der Waals surface area contributed by atoms with Gasteiger partial charge in [0, 0.05) is 24.8 Å². The largest absolute Gasteiger partial charge is 1.00 e. The van der Waals surface area contributed by atoms with Crippen molar-refractivity contribution in [3.8, 4) is 23.0 Å². The molecule has 4 rings (SSSR count). The number of unbranched alkanes of at least 4 members (excludes halogenated alkanes) is 13. The molecule has 1 aliphatic rings. The van der Waals surface area contributed by atoms with E-state index in [1.165, 1.54) is 96.4 Å². The maximum atomic E-state index is 10.7. The van der Waals surface area contributed by atoms with Crippen molar-refractivity contribution >= 4 is 10.1 Å². The van der Waals surface area contributed by atoms with Crippen molar-refractivity contribution in [2.75, 3.05) is 13.6 Å². The predicted octanol–water partition coefficient (Wildman–Crippen LogP) is 8.22. The second kappa shape index (κ2) is 23.6. The number of imidazole rings is 2. The van der Waals surface area contributed by atoms with Gasteiger partial charge in [0.15, 0.2) is 21.8 Å². The van der Waals surface area contributed by atoms with Crippen LogP contribution in [-0.4, -0.2) is 66.8 Å². The van der Waals surface area contributed by atoms with Crippen LogP contribution in [0.1, 0.15) is 96.8 Å². The second-order valence-corrected chi connectivity index (χ2v) is 12.5. The van der Waals surface area contributed by atoms with Crippen molar-refractivity contribution in [3.05, 3.63) is 62.1 Å². The molecule has 2 N–H and O–H groups in total. The first-order valence-electron chi connectivity index (χ1n) is 16.0. The predicted molar refractivity (Wildman–Crippen MR) is 173 cm³/mol. The van der Waals surface area contributed by atoms with Crippen LogP contribution in [0, 0.1) is 6.67 Å². The molecule has 0 unspecified atom stereocenters. The molecule has 0 saturated carbocycles. The van der Waals surface area contributed by atoms with E-state index in [2.05, 4.69) is 67.8 Å². The van der Waals surface area contributed by atoms with E-state index in [1.807, 2.05) is 18.2 Å². The van der Waals surface area contributed by atoms with E-state index in [0.717, 1.165) is 23.0 Å². The van der Waals surface area contributed by atoms with Crippen LogP contribution in [0.2, 0.25) is 0 Å². The molecule has 3 aromatic heterocycles. The number of rotatable bonds is 17. The Balaban J connectivity index is 0.000000385. The van der Waals surface area contributed by atoms with Crippen LogP contribution in [0.25, 0.3) is 23.0 Å². The molecule has 0 radical (unpaired) electrons. The molecule has 0 spiro atoms. The molecule has 3 aromatic rings. The molecule has 0 bridgehead atoms. The summed E-state index contributed by atoms with van der Waals surface area (Å²) in [5, 5.41) is 0.